The molecule has 0 radical (unpaired) electrons. The Kier molecular flexibility index (Phi) is 4.85. The number of rotatable bonds is 5. The van der Waals surface area contributed by atoms with Gasteiger partial charge in [-0.25, -0.2) is 0 Å². The van der Waals surface area contributed by atoms with Crippen LogP contribution in [-0.2, 0) is 14.3 Å². The Bertz CT molecular complexity index is 140. The van der Waals surface area contributed by atoms with E-state index in [2.05, 4.69) is 0 Å². The summed E-state index contributed by atoms with van der Waals surface area (Å²) >= 11 is 0. The lowest BCUT2D eigenvalue weighted by Gasteiger charge is -2.16. The molecule has 0 unspecified atom stereocenters. The summed E-state index contributed by atoms with van der Waals surface area (Å²) in [6.07, 6.45) is 0.707. The first kappa shape index (κ1) is 11.4. The van der Waals surface area contributed by atoms with E-state index in [0.717, 1.165) is 0 Å². The van der Waals surface area contributed by atoms with Gasteiger partial charge in [-0.05, 0) is 13.8 Å². The van der Waals surface area contributed by atoms with Gasteiger partial charge in [0, 0.05) is 20.1 Å². The first-order chi connectivity index (χ1) is 5.48. The van der Waals surface area contributed by atoms with Gasteiger partial charge >= 0.3 is 5.97 Å². The molecule has 4 nitrogen and oxygen atoms in total. The maximum atomic E-state index is 11.0. The third-order valence-electron chi connectivity index (χ3n) is 1.25. The van der Waals surface area contributed by atoms with Gasteiger partial charge in [-0.15, -0.1) is 0 Å². The molecule has 0 spiro atoms. The average molecular weight is 175 g/mol. The van der Waals surface area contributed by atoms with Crippen molar-refractivity contribution >= 4 is 5.97 Å². The molecular weight excluding hydrogens is 158 g/mol. The highest BCUT2D eigenvalue weighted by Crippen LogP contribution is 2.00. The maximum Gasteiger partial charge on any atom is 0.325 e. The van der Waals surface area contributed by atoms with E-state index in [4.69, 9.17) is 15.2 Å². The summed E-state index contributed by atoms with van der Waals surface area (Å²) in [5.41, 5.74) is 4.59. The van der Waals surface area contributed by atoms with Crippen molar-refractivity contribution in [2.75, 3.05) is 20.3 Å². The number of methoxy groups -OCH3 is 1. The molecular formula is C8H17NO3. The van der Waals surface area contributed by atoms with E-state index in [1.54, 1.807) is 21.0 Å². The maximum absolute atomic E-state index is 11.0. The quantitative estimate of drug-likeness (QED) is 0.482. The fourth-order valence-corrected chi connectivity index (χ4v) is 0.554. The molecule has 0 atom stereocenters. The minimum absolute atomic E-state index is 0.368. The number of hydrogen-bond acceptors (Lipinski definition) is 4. The van der Waals surface area contributed by atoms with E-state index in [0.29, 0.717) is 19.6 Å². The lowest BCUT2D eigenvalue weighted by molar-refractivity contribution is -0.149. The molecule has 0 saturated heterocycles. The van der Waals surface area contributed by atoms with Gasteiger partial charge in [0.15, 0.2) is 0 Å². The SMILES string of the molecule is COCCCOC(=O)C(C)(C)N. The predicted octanol–water partition coefficient (Wildman–Crippen LogP) is 0.303. The van der Waals surface area contributed by atoms with Crippen LogP contribution >= 0.6 is 0 Å². The Labute approximate surface area is 73.0 Å². The highest BCUT2D eigenvalue weighted by atomic mass is 16.5. The van der Waals surface area contributed by atoms with Crippen LogP contribution in [0.3, 0.4) is 0 Å². The molecule has 0 aromatic heterocycles. The second kappa shape index (κ2) is 5.11. The van der Waals surface area contributed by atoms with E-state index in [-0.39, 0.29) is 5.97 Å². The minimum Gasteiger partial charge on any atom is -0.464 e. The Morgan fingerprint density at radius 2 is 2.00 bits per heavy atom. The van der Waals surface area contributed by atoms with Crippen LogP contribution in [0.25, 0.3) is 0 Å². The molecule has 0 rings (SSSR count). The van der Waals surface area contributed by atoms with Crippen molar-refractivity contribution in [2.24, 2.45) is 5.73 Å². The van der Waals surface area contributed by atoms with Crippen molar-refractivity contribution in [3.63, 3.8) is 0 Å². The van der Waals surface area contributed by atoms with Gasteiger partial charge in [0.2, 0.25) is 0 Å². The number of nitrogens with two attached hydrogens (primary N) is 1. The third-order valence-corrected chi connectivity index (χ3v) is 1.25. The molecule has 0 amide bonds. The van der Waals surface area contributed by atoms with Crippen LogP contribution in [0.5, 0.6) is 0 Å². The van der Waals surface area contributed by atoms with Gasteiger partial charge in [0.1, 0.15) is 5.54 Å². The van der Waals surface area contributed by atoms with Crippen LogP contribution in [0, 0.1) is 0 Å². The molecule has 0 heterocycles. The van der Waals surface area contributed by atoms with Crippen LogP contribution in [-0.4, -0.2) is 31.8 Å². The van der Waals surface area contributed by atoms with Crippen LogP contribution in [0.2, 0.25) is 0 Å². The molecule has 4 heteroatoms. The summed E-state index contributed by atoms with van der Waals surface area (Å²) in [5.74, 6) is -0.376. The summed E-state index contributed by atoms with van der Waals surface area (Å²) < 4.78 is 9.65. The highest BCUT2D eigenvalue weighted by molar-refractivity contribution is 5.79. The summed E-state index contributed by atoms with van der Waals surface area (Å²) in [4.78, 5) is 11.0. The van der Waals surface area contributed by atoms with Crippen molar-refractivity contribution in [3.8, 4) is 0 Å². The van der Waals surface area contributed by atoms with Crippen molar-refractivity contribution in [1.29, 1.82) is 0 Å². The van der Waals surface area contributed by atoms with Crippen molar-refractivity contribution in [2.45, 2.75) is 25.8 Å². The summed E-state index contributed by atoms with van der Waals surface area (Å²) in [6.45, 7) is 4.20. The summed E-state index contributed by atoms with van der Waals surface area (Å²) in [5, 5.41) is 0. The van der Waals surface area contributed by atoms with Gasteiger partial charge in [-0.3, -0.25) is 4.79 Å². The van der Waals surface area contributed by atoms with Gasteiger partial charge in [-0.2, -0.15) is 0 Å². The van der Waals surface area contributed by atoms with E-state index >= 15 is 0 Å². The Morgan fingerprint density at radius 3 is 2.42 bits per heavy atom. The molecule has 72 valence electrons. The number of carbonyl (C=O) groups is 1. The minimum atomic E-state index is -0.896. The van der Waals surface area contributed by atoms with Crippen molar-refractivity contribution in [3.05, 3.63) is 0 Å². The topological polar surface area (TPSA) is 61.5 Å². The van der Waals surface area contributed by atoms with Gasteiger partial charge in [-0.1, -0.05) is 0 Å². The molecule has 12 heavy (non-hydrogen) atoms. The first-order valence-electron chi connectivity index (χ1n) is 3.93. The van der Waals surface area contributed by atoms with Crippen molar-refractivity contribution < 1.29 is 14.3 Å². The predicted molar refractivity (Wildman–Crippen MR) is 45.7 cm³/mol. The van der Waals surface area contributed by atoms with Crippen LogP contribution in [0.15, 0.2) is 0 Å². The highest BCUT2D eigenvalue weighted by Gasteiger charge is 2.23. The van der Waals surface area contributed by atoms with Gasteiger partial charge in [0.25, 0.3) is 0 Å². The second-order valence-corrected chi connectivity index (χ2v) is 3.20. The number of carbonyl (C=O) groups excluding carboxylic acids is 1. The average Bonchev–Trinajstić information content (AvgIpc) is 1.96. The van der Waals surface area contributed by atoms with Gasteiger partial charge < -0.3 is 15.2 Å². The van der Waals surface area contributed by atoms with E-state index < -0.39 is 5.54 Å². The lowest BCUT2D eigenvalue weighted by Crippen LogP contribution is -2.42. The monoisotopic (exact) mass is 175 g/mol. The number of ether oxygens (including phenoxy) is 2. The molecule has 0 aromatic carbocycles. The molecule has 0 aliphatic rings. The molecule has 2 N–H and O–H groups in total. The third kappa shape index (κ3) is 5.09. The Hall–Kier alpha value is -0.610. The van der Waals surface area contributed by atoms with Crippen LogP contribution < -0.4 is 5.73 Å². The van der Waals surface area contributed by atoms with Crippen molar-refractivity contribution in [1.82, 2.24) is 0 Å². The van der Waals surface area contributed by atoms with Crippen LogP contribution in [0.1, 0.15) is 20.3 Å². The molecule has 0 saturated carbocycles. The van der Waals surface area contributed by atoms with Crippen LogP contribution in [0.4, 0.5) is 0 Å². The molecule has 0 bridgehead atoms. The zero-order valence-corrected chi connectivity index (χ0v) is 7.92. The Morgan fingerprint density at radius 1 is 1.42 bits per heavy atom. The molecule has 0 aromatic rings. The number of hydrogen-bond donors (Lipinski definition) is 1. The van der Waals surface area contributed by atoms with Gasteiger partial charge in [0.05, 0.1) is 6.61 Å². The summed E-state index contributed by atoms with van der Waals surface area (Å²) in [6, 6.07) is 0. The summed E-state index contributed by atoms with van der Waals surface area (Å²) in [7, 11) is 1.61. The number of esters is 1. The largest absolute Gasteiger partial charge is 0.464 e. The fraction of sp³-hybridized carbons (Fsp3) is 0.875. The second-order valence-electron chi connectivity index (χ2n) is 3.20. The van der Waals surface area contributed by atoms with E-state index in [1.165, 1.54) is 0 Å². The zero-order chi connectivity index (χ0) is 9.61. The Balaban J connectivity index is 3.45. The zero-order valence-electron chi connectivity index (χ0n) is 7.92. The normalized spacial score (nSPS) is 11.3. The first-order valence-corrected chi connectivity index (χ1v) is 3.93. The smallest absolute Gasteiger partial charge is 0.325 e. The molecule has 0 aliphatic carbocycles. The van der Waals surface area contributed by atoms with E-state index in [1.807, 2.05) is 0 Å². The standard InChI is InChI=1S/C8H17NO3/c1-8(2,9)7(10)12-6-4-5-11-3/h4-6,9H2,1-3H3. The van der Waals surface area contributed by atoms with E-state index in [9.17, 15) is 4.79 Å². The molecule has 0 fully saturated rings. The molecule has 0 aliphatic heterocycles. The fourth-order valence-electron chi connectivity index (χ4n) is 0.554. The lowest BCUT2D eigenvalue weighted by atomic mass is 10.1.